The smallest absolute Gasteiger partial charge is 0.235 e. The van der Waals surface area contributed by atoms with E-state index >= 15 is 0 Å². The highest BCUT2D eigenvalue weighted by Gasteiger charge is 2.30. The van der Waals surface area contributed by atoms with Gasteiger partial charge in [0.2, 0.25) is 21.9 Å². The lowest BCUT2D eigenvalue weighted by molar-refractivity contribution is 0.122. The highest BCUT2D eigenvalue weighted by Crippen LogP contribution is 2.34. The molecular formula is C25H31N7O4S. The number of nitrogens with one attached hydrogen (secondary N) is 1. The van der Waals surface area contributed by atoms with Gasteiger partial charge >= 0.3 is 0 Å². The topological polar surface area (TPSA) is 123 Å². The molecule has 2 saturated heterocycles. The van der Waals surface area contributed by atoms with Crippen LogP contribution in [0.4, 0.5) is 17.5 Å². The molecule has 3 fully saturated rings. The van der Waals surface area contributed by atoms with E-state index in [0.29, 0.717) is 49.7 Å². The lowest BCUT2D eigenvalue weighted by atomic mass is 9.93. The second kappa shape index (κ2) is 10.3. The van der Waals surface area contributed by atoms with Crippen LogP contribution in [0.15, 0.2) is 36.8 Å². The molecule has 0 amide bonds. The molecule has 11 nitrogen and oxygen atoms in total. The number of anilines is 3. The summed E-state index contributed by atoms with van der Waals surface area (Å²) in [5.74, 6) is 2.12. The maximum atomic E-state index is 12.5. The van der Waals surface area contributed by atoms with Gasteiger partial charge in [0.05, 0.1) is 41.8 Å². The first-order valence-corrected chi connectivity index (χ1v) is 14.5. The van der Waals surface area contributed by atoms with E-state index in [0.717, 1.165) is 55.5 Å². The van der Waals surface area contributed by atoms with Crippen LogP contribution in [-0.2, 0) is 14.8 Å². The number of rotatable bonds is 6. The normalized spacial score (nSPS) is 23.8. The highest BCUT2D eigenvalue weighted by molar-refractivity contribution is 7.93. The number of aromatic nitrogens is 4. The molecule has 3 aromatic rings. The Bertz CT molecular complexity index is 1340. The number of sulfonamides is 1. The zero-order valence-corrected chi connectivity index (χ0v) is 21.4. The molecule has 0 atom stereocenters. The molecule has 0 aromatic carbocycles. The van der Waals surface area contributed by atoms with E-state index in [1.54, 1.807) is 24.7 Å². The van der Waals surface area contributed by atoms with Crippen LogP contribution in [0, 0.1) is 0 Å². The number of fused-ring (bicyclic) bond motifs is 1. The van der Waals surface area contributed by atoms with Gasteiger partial charge in [0.15, 0.2) is 0 Å². The summed E-state index contributed by atoms with van der Waals surface area (Å²) >= 11 is 0. The molecule has 0 radical (unpaired) electrons. The van der Waals surface area contributed by atoms with E-state index in [1.807, 2.05) is 12.1 Å². The minimum Gasteiger partial charge on any atom is -0.474 e. The fourth-order valence-electron chi connectivity index (χ4n) is 5.22. The molecule has 1 saturated carbocycles. The Morgan fingerprint density at radius 3 is 2.51 bits per heavy atom. The summed E-state index contributed by atoms with van der Waals surface area (Å²) in [6.45, 7) is 3.27. The van der Waals surface area contributed by atoms with E-state index < -0.39 is 10.0 Å². The van der Waals surface area contributed by atoms with Crippen molar-refractivity contribution in [1.29, 1.82) is 0 Å². The molecule has 196 valence electrons. The molecular weight excluding hydrogens is 494 g/mol. The molecule has 0 spiro atoms. The molecule has 0 bridgehead atoms. The molecule has 3 aromatic heterocycles. The zero-order valence-electron chi connectivity index (χ0n) is 20.6. The van der Waals surface area contributed by atoms with Crippen molar-refractivity contribution < 1.29 is 17.9 Å². The first kappa shape index (κ1) is 24.1. The largest absolute Gasteiger partial charge is 0.474 e. The third-order valence-corrected chi connectivity index (χ3v) is 9.06. The van der Waals surface area contributed by atoms with Crippen LogP contribution < -0.4 is 19.3 Å². The summed E-state index contributed by atoms with van der Waals surface area (Å²) in [5, 5.41) is 4.14. The van der Waals surface area contributed by atoms with Gasteiger partial charge in [-0.3, -0.25) is 9.29 Å². The number of morpholine rings is 1. The summed E-state index contributed by atoms with van der Waals surface area (Å²) in [4.78, 5) is 20.3. The van der Waals surface area contributed by atoms with Crippen molar-refractivity contribution in [2.45, 2.75) is 44.2 Å². The van der Waals surface area contributed by atoms with Crippen LogP contribution in [0.5, 0.6) is 5.88 Å². The van der Waals surface area contributed by atoms with Crippen molar-refractivity contribution >= 4 is 38.4 Å². The first-order chi connectivity index (χ1) is 18.0. The zero-order chi connectivity index (χ0) is 25.2. The maximum Gasteiger partial charge on any atom is 0.235 e. The minimum absolute atomic E-state index is 0.00422. The minimum atomic E-state index is -3.31. The van der Waals surface area contributed by atoms with Gasteiger partial charge in [-0.25, -0.2) is 18.4 Å². The molecule has 0 unspecified atom stereocenters. The second-order valence-corrected chi connectivity index (χ2v) is 11.7. The van der Waals surface area contributed by atoms with Crippen molar-refractivity contribution in [3.8, 4) is 5.88 Å². The van der Waals surface area contributed by atoms with Gasteiger partial charge in [0.1, 0.15) is 11.9 Å². The SMILES string of the molecule is O=S1(=O)CCCN1c1cnc2cc(N3CCOCC3)nc(O[C@H]3CC[C@@H](Nc4ncccn4)CC3)c2c1. The van der Waals surface area contributed by atoms with Crippen molar-refractivity contribution in [2.24, 2.45) is 0 Å². The third kappa shape index (κ3) is 5.26. The van der Waals surface area contributed by atoms with Crippen molar-refractivity contribution in [3.05, 3.63) is 36.8 Å². The van der Waals surface area contributed by atoms with Crippen LogP contribution in [0.1, 0.15) is 32.1 Å². The number of pyridine rings is 2. The third-order valence-electron chi connectivity index (χ3n) is 7.19. The molecule has 5 heterocycles. The summed E-state index contributed by atoms with van der Waals surface area (Å²) < 4.78 is 38.6. The highest BCUT2D eigenvalue weighted by atomic mass is 32.2. The lowest BCUT2D eigenvalue weighted by Crippen LogP contribution is -2.37. The summed E-state index contributed by atoms with van der Waals surface area (Å²) in [6.07, 6.45) is 9.31. The van der Waals surface area contributed by atoms with Crippen LogP contribution >= 0.6 is 0 Å². The number of hydrogen-bond donors (Lipinski definition) is 1. The monoisotopic (exact) mass is 525 g/mol. The fourth-order valence-corrected chi connectivity index (χ4v) is 6.76. The molecule has 3 aliphatic rings. The van der Waals surface area contributed by atoms with E-state index in [2.05, 4.69) is 25.2 Å². The Morgan fingerprint density at radius 2 is 1.78 bits per heavy atom. The second-order valence-electron chi connectivity index (χ2n) is 9.70. The molecule has 1 aliphatic carbocycles. The Kier molecular flexibility index (Phi) is 6.68. The fraction of sp³-hybridized carbons (Fsp3) is 0.520. The predicted octanol–water partition coefficient (Wildman–Crippen LogP) is 2.60. The average Bonchev–Trinajstić information content (AvgIpc) is 3.29. The molecule has 1 N–H and O–H groups in total. The first-order valence-electron chi connectivity index (χ1n) is 12.9. The lowest BCUT2D eigenvalue weighted by Gasteiger charge is -2.31. The van der Waals surface area contributed by atoms with Crippen LogP contribution in [0.3, 0.4) is 0 Å². The van der Waals surface area contributed by atoms with Gasteiger partial charge in [-0.15, -0.1) is 0 Å². The Labute approximate surface area is 216 Å². The van der Waals surface area contributed by atoms with E-state index in [4.69, 9.17) is 14.5 Å². The molecule has 12 heteroatoms. The Balaban J connectivity index is 1.26. The Hall–Kier alpha value is -3.25. The van der Waals surface area contributed by atoms with Crippen LogP contribution in [0.2, 0.25) is 0 Å². The van der Waals surface area contributed by atoms with Gasteiger partial charge in [0.25, 0.3) is 0 Å². The van der Waals surface area contributed by atoms with Crippen molar-refractivity contribution in [3.63, 3.8) is 0 Å². The summed E-state index contributed by atoms with van der Waals surface area (Å²) in [6, 6.07) is 5.91. The van der Waals surface area contributed by atoms with E-state index in [9.17, 15) is 8.42 Å². The quantitative estimate of drug-likeness (QED) is 0.514. The summed E-state index contributed by atoms with van der Waals surface area (Å²) in [5.41, 5.74) is 1.30. The van der Waals surface area contributed by atoms with Crippen LogP contribution in [0.25, 0.3) is 10.9 Å². The van der Waals surface area contributed by atoms with E-state index in [1.165, 1.54) is 4.31 Å². The van der Waals surface area contributed by atoms with Gasteiger partial charge < -0.3 is 19.7 Å². The van der Waals surface area contributed by atoms with Gasteiger partial charge in [0, 0.05) is 44.1 Å². The standard InChI is InChI=1S/C25H31N7O4S/c33-37(34)14-2-9-32(37)19-15-21-22(28-17-19)16-23(31-10-12-35-13-11-31)30-24(21)36-20-5-3-18(4-6-20)29-25-26-7-1-8-27-25/h1,7-8,15-18,20H,2-6,9-14H2,(H,26,27,29)/t18-,20+. The number of nitrogens with zero attached hydrogens (tertiary/aromatic N) is 6. The molecule has 6 rings (SSSR count). The van der Waals surface area contributed by atoms with Gasteiger partial charge in [-0.1, -0.05) is 0 Å². The van der Waals surface area contributed by atoms with Crippen molar-refractivity contribution in [1.82, 2.24) is 19.9 Å². The van der Waals surface area contributed by atoms with Crippen LogP contribution in [-0.4, -0.2) is 79.1 Å². The Morgan fingerprint density at radius 1 is 1.00 bits per heavy atom. The van der Waals surface area contributed by atoms with Crippen molar-refractivity contribution in [2.75, 3.05) is 53.1 Å². The predicted molar refractivity (Wildman–Crippen MR) is 141 cm³/mol. The van der Waals surface area contributed by atoms with E-state index in [-0.39, 0.29) is 11.9 Å². The maximum absolute atomic E-state index is 12.5. The number of ether oxygens (including phenoxy) is 2. The number of hydrogen-bond acceptors (Lipinski definition) is 10. The van der Waals surface area contributed by atoms with Gasteiger partial charge in [-0.2, -0.15) is 4.98 Å². The van der Waals surface area contributed by atoms with Gasteiger partial charge in [-0.05, 0) is 44.2 Å². The molecule has 2 aliphatic heterocycles. The molecule has 37 heavy (non-hydrogen) atoms. The average molecular weight is 526 g/mol. The summed E-state index contributed by atoms with van der Waals surface area (Å²) in [7, 11) is -3.31.